The lowest BCUT2D eigenvalue weighted by Crippen LogP contribution is -2.36. The molecule has 0 aliphatic heterocycles. The van der Waals surface area contributed by atoms with Crippen LogP contribution in [0.5, 0.6) is 0 Å². The molecule has 0 aliphatic rings. The molecule has 2 nitrogen and oxygen atoms in total. The Kier molecular flexibility index (Phi) is 8.73. The summed E-state index contributed by atoms with van der Waals surface area (Å²) in [6.45, 7) is 12.6. The second-order valence-electron chi connectivity index (χ2n) is 4.02. The normalized spacial score (nSPS) is 13.9. The molecule has 0 amide bonds. The molecule has 0 aromatic rings. The van der Waals surface area contributed by atoms with Crippen molar-refractivity contribution >= 4 is 11.8 Å². The molecule has 1 atom stereocenters. The molecule has 0 spiro atoms. The van der Waals surface area contributed by atoms with E-state index < -0.39 is 0 Å². The lowest BCUT2D eigenvalue weighted by atomic mass is 10.3. The maximum Gasteiger partial charge on any atom is 0.0631 e. The molecule has 0 aromatic carbocycles. The Morgan fingerprint density at radius 1 is 1.21 bits per heavy atom. The summed E-state index contributed by atoms with van der Waals surface area (Å²) in [5, 5.41) is 4.15. The van der Waals surface area contributed by atoms with Gasteiger partial charge in [0, 0.05) is 11.8 Å². The monoisotopic (exact) mass is 219 g/mol. The number of nitrogens with one attached hydrogen (secondary N) is 1. The van der Waals surface area contributed by atoms with Gasteiger partial charge in [-0.2, -0.15) is 11.8 Å². The maximum atomic E-state index is 5.61. The van der Waals surface area contributed by atoms with Crippen molar-refractivity contribution < 1.29 is 4.74 Å². The van der Waals surface area contributed by atoms with E-state index in [9.17, 15) is 0 Å². The molecule has 0 fully saturated rings. The zero-order chi connectivity index (χ0) is 11.0. The number of likely N-dealkylation sites (N-methyl/N-ethyl adjacent to an activating group) is 1. The van der Waals surface area contributed by atoms with E-state index in [1.165, 1.54) is 0 Å². The average molecular weight is 219 g/mol. The second kappa shape index (κ2) is 8.57. The van der Waals surface area contributed by atoms with Crippen LogP contribution in [0, 0.1) is 0 Å². The first-order valence-corrected chi connectivity index (χ1v) is 6.57. The third-order valence-corrected chi connectivity index (χ3v) is 3.02. The number of thioether (sulfide) groups is 1. The van der Waals surface area contributed by atoms with Gasteiger partial charge in [-0.3, -0.25) is 0 Å². The van der Waals surface area contributed by atoms with Crippen molar-refractivity contribution in [3.05, 3.63) is 0 Å². The highest BCUT2D eigenvalue weighted by atomic mass is 32.2. The summed E-state index contributed by atoms with van der Waals surface area (Å²) < 4.78 is 5.61. The quantitative estimate of drug-likeness (QED) is 0.678. The van der Waals surface area contributed by atoms with E-state index in [2.05, 4.69) is 39.9 Å². The predicted molar refractivity (Wildman–Crippen MR) is 66.1 cm³/mol. The number of rotatable bonds is 8. The van der Waals surface area contributed by atoms with E-state index in [-0.39, 0.29) is 0 Å². The minimum atomic E-state index is 0.334. The van der Waals surface area contributed by atoms with E-state index in [1.54, 1.807) is 0 Å². The van der Waals surface area contributed by atoms with Crippen molar-refractivity contribution in [2.75, 3.05) is 18.9 Å². The van der Waals surface area contributed by atoms with E-state index in [0.717, 1.165) is 18.9 Å². The second-order valence-corrected chi connectivity index (χ2v) is 5.63. The molecule has 1 unspecified atom stereocenters. The van der Waals surface area contributed by atoms with Crippen LogP contribution in [-0.4, -0.2) is 36.3 Å². The Bertz CT molecular complexity index is 116. The fourth-order valence-electron chi connectivity index (χ4n) is 1.07. The highest BCUT2D eigenvalue weighted by Crippen LogP contribution is 2.11. The summed E-state index contributed by atoms with van der Waals surface area (Å²) >= 11 is 1.99. The van der Waals surface area contributed by atoms with Crippen LogP contribution in [0.25, 0.3) is 0 Å². The van der Waals surface area contributed by atoms with E-state index in [1.807, 2.05) is 11.8 Å². The molecule has 0 aliphatic carbocycles. The van der Waals surface area contributed by atoms with Gasteiger partial charge in [0.25, 0.3) is 0 Å². The van der Waals surface area contributed by atoms with Gasteiger partial charge in [-0.05, 0) is 25.6 Å². The fraction of sp³-hybridized carbons (Fsp3) is 1.00. The van der Waals surface area contributed by atoms with Gasteiger partial charge in [0.05, 0.1) is 12.7 Å². The zero-order valence-electron chi connectivity index (χ0n) is 10.2. The lowest BCUT2D eigenvalue weighted by molar-refractivity contribution is 0.0658. The van der Waals surface area contributed by atoms with Crippen molar-refractivity contribution in [1.29, 1.82) is 0 Å². The largest absolute Gasteiger partial charge is 0.377 e. The van der Waals surface area contributed by atoms with Crippen LogP contribution in [0.1, 0.15) is 34.6 Å². The smallest absolute Gasteiger partial charge is 0.0631 e. The summed E-state index contributed by atoms with van der Waals surface area (Å²) in [4.78, 5) is 0. The third-order valence-electron chi connectivity index (χ3n) is 1.75. The molecule has 0 saturated heterocycles. The number of hydrogen-bond acceptors (Lipinski definition) is 3. The van der Waals surface area contributed by atoms with E-state index in [0.29, 0.717) is 17.4 Å². The van der Waals surface area contributed by atoms with Gasteiger partial charge in [0.1, 0.15) is 0 Å². The highest BCUT2D eigenvalue weighted by molar-refractivity contribution is 7.99. The topological polar surface area (TPSA) is 21.3 Å². The van der Waals surface area contributed by atoms with E-state index >= 15 is 0 Å². The molecule has 0 bridgehead atoms. The molecule has 3 heteroatoms. The van der Waals surface area contributed by atoms with Gasteiger partial charge in [-0.15, -0.1) is 0 Å². The summed E-state index contributed by atoms with van der Waals surface area (Å²) in [6, 6.07) is 0.495. The van der Waals surface area contributed by atoms with Gasteiger partial charge < -0.3 is 10.1 Å². The molecule has 0 aromatic heterocycles. The summed E-state index contributed by atoms with van der Waals surface area (Å²) in [5.41, 5.74) is 0. The van der Waals surface area contributed by atoms with Crippen LogP contribution in [0.4, 0.5) is 0 Å². The molecule has 0 rings (SSSR count). The lowest BCUT2D eigenvalue weighted by Gasteiger charge is -2.20. The van der Waals surface area contributed by atoms with Crippen molar-refractivity contribution in [3.63, 3.8) is 0 Å². The van der Waals surface area contributed by atoms with Gasteiger partial charge >= 0.3 is 0 Å². The molecule has 86 valence electrons. The molecule has 1 N–H and O–H groups in total. The van der Waals surface area contributed by atoms with Gasteiger partial charge in [0.2, 0.25) is 0 Å². The molecule has 0 radical (unpaired) electrons. The van der Waals surface area contributed by atoms with Crippen LogP contribution < -0.4 is 5.32 Å². The molecular weight excluding hydrogens is 194 g/mol. The van der Waals surface area contributed by atoms with Gasteiger partial charge in [-0.25, -0.2) is 0 Å². The van der Waals surface area contributed by atoms with Crippen LogP contribution in [0.2, 0.25) is 0 Å². The first kappa shape index (κ1) is 14.3. The van der Waals surface area contributed by atoms with Crippen molar-refractivity contribution in [2.24, 2.45) is 0 Å². The molecule has 14 heavy (non-hydrogen) atoms. The third kappa shape index (κ3) is 8.85. The summed E-state index contributed by atoms with van der Waals surface area (Å²) in [6.07, 6.45) is 0.334. The van der Waals surface area contributed by atoms with Crippen molar-refractivity contribution in [1.82, 2.24) is 5.32 Å². The fourth-order valence-corrected chi connectivity index (χ4v) is 1.90. The Labute approximate surface area is 93.2 Å². The molecule has 0 heterocycles. The Morgan fingerprint density at radius 2 is 1.86 bits per heavy atom. The number of hydrogen-bond donors (Lipinski definition) is 1. The van der Waals surface area contributed by atoms with Crippen LogP contribution >= 0.6 is 11.8 Å². The van der Waals surface area contributed by atoms with Crippen LogP contribution in [-0.2, 0) is 4.74 Å². The first-order chi connectivity index (χ1) is 6.56. The Hall–Kier alpha value is 0.270. The Balaban J connectivity index is 3.65. The first-order valence-electron chi connectivity index (χ1n) is 5.52. The van der Waals surface area contributed by atoms with Gasteiger partial charge in [-0.1, -0.05) is 20.8 Å². The minimum Gasteiger partial charge on any atom is -0.377 e. The standard InChI is InChI=1S/C11H25NOS/c1-6-12-11(7-13-9(2)3)8-14-10(4)5/h9-12H,6-8H2,1-5H3. The maximum absolute atomic E-state index is 5.61. The highest BCUT2D eigenvalue weighted by Gasteiger charge is 2.09. The van der Waals surface area contributed by atoms with E-state index in [4.69, 9.17) is 4.74 Å². The number of ether oxygens (including phenoxy) is 1. The van der Waals surface area contributed by atoms with Crippen LogP contribution in [0.3, 0.4) is 0 Å². The average Bonchev–Trinajstić information content (AvgIpc) is 2.09. The summed E-state index contributed by atoms with van der Waals surface area (Å²) in [5.74, 6) is 1.14. The van der Waals surface area contributed by atoms with Crippen molar-refractivity contribution in [2.45, 2.75) is 52.0 Å². The minimum absolute atomic E-state index is 0.334. The van der Waals surface area contributed by atoms with Crippen molar-refractivity contribution in [3.8, 4) is 0 Å². The predicted octanol–water partition coefficient (Wildman–Crippen LogP) is 2.53. The van der Waals surface area contributed by atoms with Gasteiger partial charge in [0.15, 0.2) is 0 Å². The Morgan fingerprint density at radius 3 is 2.29 bits per heavy atom. The van der Waals surface area contributed by atoms with Crippen LogP contribution in [0.15, 0.2) is 0 Å². The SMILES string of the molecule is CCNC(COC(C)C)CSC(C)C. The molecule has 0 saturated carbocycles. The summed E-state index contributed by atoms with van der Waals surface area (Å²) in [7, 11) is 0. The molecular formula is C11H25NOS. The zero-order valence-corrected chi connectivity index (χ0v) is 11.0.